The Hall–Kier alpha value is -2.84. The summed E-state index contributed by atoms with van der Waals surface area (Å²) in [6, 6.07) is 0. The Morgan fingerprint density at radius 2 is 1.30 bits per heavy atom. The second-order valence-electron chi connectivity index (χ2n) is 4.56. The van der Waals surface area contributed by atoms with Crippen molar-refractivity contribution in [1.29, 1.82) is 0 Å². The van der Waals surface area contributed by atoms with Gasteiger partial charge in [-0.05, 0) is 0 Å². The first-order chi connectivity index (χ1) is 10.3. The predicted molar refractivity (Wildman–Crippen MR) is 68.2 cm³/mol. The van der Waals surface area contributed by atoms with Crippen LogP contribution in [0.5, 0.6) is 28.7 Å². The van der Waals surface area contributed by atoms with Crippen LogP contribution >= 0.6 is 0 Å². The Kier molecular flexibility index (Phi) is 3.29. The van der Waals surface area contributed by atoms with Gasteiger partial charge in [-0.2, -0.15) is 10.1 Å². The average molecular weight is 333 g/mol. The van der Waals surface area contributed by atoms with Crippen molar-refractivity contribution >= 4 is 17.3 Å². The number of benzene rings is 1. The first-order valence-corrected chi connectivity index (χ1v) is 5.63. The second kappa shape index (κ2) is 4.58. The molecule has 11 N–H and O–H groups in total. The van der Waals surface area contributed by atoms with E-state index < -0.39 is 57.8 Å². The minimum atomic E-state index is -3.85. The first kappa shape index (κ1) is 16.5. The molecule has 0 saturated heterocycles. The third kappa shape index (κ3) is 2.16. The molecule has 126 valence electrons. The zero-order valence-electron chi connectivity index (χ0n) is 10.9. The summed E-state index contributed by atoms with van der Waals surface area (Å²) in [6.45, 7) is 0. The molecule has 13 heteroatoms. The van der Waals surface area contributed by atoms with Crippen molar-refractivity contribution < 1.29 is 50.8 Å². The summed E-state index contributed by atoms with van der Waals surface area (Å²) in [4.78, 5) is 12.0. The molecule has 13 nitrogen and oxygen atoms in total. The predicted octanol–water partition coefficient (Wildman–Crippen LogP) is -3.80. The van der Waals surface area contributed by atoms with Gasteiger partial charge in [0.15, 0.2) is 22.9 Å². The average Bonchev–Trinajstić information content (AvgIpc) is 2.67. The molecule has 0 saturated carbocycles. The topological polar surface area (TPSA) is 241 Å². The number of hydrogen-bond acceptors (Lipinski definition) is 12. The van der Waals surface area contributed by atoms with Gasteiger partial charge in [-0.1, -0.05) is 0 Å². The molecule has 1 unspecified atom stereocenters. The Morgan fingerprint density at radius 1 is 0.913 bits per heavy atom. The highest BCUT2D eigenvalue weighted by Crippen LogP contribution is 2.55. The molecule has 1 atom stereocenters. The summed E-state index contributed by atoms with van der Waals surface area (Å²) < 4.78 is 0. The quantitative estimate of drug-likeness (QED) is 0.143. The number of aliphatic hydroxyl groups is 4. The van der Waals surface area contributed by atoms with Crippen LogP contribution in [0.2, 0.25) is 0 Å². The smallest absolute Gasteiger partial charge is 0.325 e. The van der Waals surface area contributed by atoms with Crippen molar-refractivity contribution in [2.45, 2.75) is 11.7 Å². The van der Waals surface area contributed by atoms with Crippen molar-refractivity contribution in [3.8, 4) is 28.7 Å². The monoisotopic (exact) mass is 333 g/mol. The number of hydrogen-bond donors (Lipinski definition) is 10. The molecule has 1 amide bonds. The zero-order valence-corrected chi connectivity index (χ0v) is 10.9. The van der Waals surface area contributed by atoms with E-state index in [0.29, 0.717) is 0 Å². The fourth-order valence-electron chi connectivity index (χ4n) is 1.83. The molecule has 0 fully saturated rings. The molecule has 1 aliphatic rings. The van der Waals surface area contributed by atoms with E-state index in [1.807, 2.05) is 0 Å². The Morgan fingerprint density at radius 3 is 1.65 bits per heavy atom. The minimum Gasteiger partial charge on any atom is -0.503 e. The number of nitrogens with zero attached hydrogens (tertiary/aromatic N) is 2. The van der Waals surface area contributed by atoms with Crippen LogP contribution in [0, 0.1) is 0 Å². The number of anilines is 1. The maximum atomic E-state index is 12.0. The largest absolute Gasteiger partial charge is 0.503 e. The lowest BCUT2D eigenvalue weighted by Crippen LogP contribution is -2.61. The molecule has 1 aromatic rings. The summed E-state index contributed by atoms with van der Waals surface area (Å²) >= 11 is 0. The van der Waals surface area contributed by atoms with Gasteiger partial charge in [-0.25, -0.2) is 0 Å². The maximum absolute atomic E-state index is 12.0. The fourth-order valence-corrected chi connectivity index (χ4v) is 1.83. The number of hydrazone groups is 1. The summed E-state index contributed by atoms with van der Waals surface area (Å²) in [5.41, 5.74) is -0.823. The van der Waals surface area contributed by atoms with Gasteiger partial charge in [0.1, 0.15) is 0 Å². The summed E-state index contributed by atoms with van der Waals surface area (Å²) in [5, 5.41) is 87.1. The van der Waals surface area contributed by atoms with E-state index >= 15 is 0 Å². The number of carbonyl (C=O) groups is 1. The second-order valence-corrected chi connectivity index (χ2v) is 4.56. The lowest BCUT2D eigenvalue weighted by Gasteiger charge is -2.22. The Bertz CT molecular complexity index is 706. The molecule has 1 aromatic carbocycles. The van der Waals surface area contributed by atoms with E-state index in [9.17, 15) is 35.4 Å². The number of phenols is 5. The number of nitrogens with two attached hydrogens (primary N) is 1. The molecule has 0 radical (unpaired) electrons. The molecule has 1 aliphatic heterocycles. The lowest BCUT2D eigenvalue weighted by atomic mass is 10.1. The van der Waals surface area contributed by atoms with Crippen molar-refractivity contribution in [1.82, 2.24) is 0 Å². The van der Waals surface area contributed by atoms with Crippen molar-refractivity contribution in [2.24, 2.45) is 10.8 Å². The normalized spacial score (nSPS) is 21.7. The van der Waals surface area contributed by atoms with Crippen LogP contribution < -0.4 is 10.7 Å². The molecular formula is C10H11N3O10. The van der Waals surface area contributed by atoms with Crippen molar-refractivity contribution in [3.05, 3.63) is 0 Å². The SMILES string of the molecule is NC1(O)C(=O)N(c2c(O)c(O)c(O)c(O)c2O)N=C1C(O)(O)O. The molecule has 1 heterocycles. The zero-order chi connectivity index (χ0) is 17.9. The van der Waals surface area contributed by atoms with E-state index in [1.165, 1.54) is 0 Å². The lowest BCUT2D eigenvalue weighted by molar-refractivity contribution is -0.260. The van der Waals surface area contributed by atoms with Gasteiger partial charge in [0.25, 0.3) is 0 Å². The highest BCUT2D eigenvalue weighted by Gasteiger charge is 2.56. The minimum absolute atomic E-state index is 0.129. The van der Waals surface area contributed by atoms with Crippen molar-refractivity contribution in [2.75, 3.05) is 5.01 Å². The number of aromatic hydroxyl groups is 5. The van der Waals surface area contributed by atoms with Gasteiger partial charge in [0.05, 0.1) is 0 Å². The number of phenolic OH excluding ortho intramolecular Hbond substituents is 5. The van der Waals surface area contributed by atoms with E-state index in [0.717, 1.165) is 0 Å². The van der Waals surface area contributed by atoms with Crippen molar-refractivity contribution in [3.63, 3.8) is 0 Å². The molecule has 0 aromatic heterocycles. The highest BCUT2D eigenvalue weighted by molar-refractivity contribution is 6.23. The van der Waals surface area contributed by atoms with Gasteiger partial charge in [-0.15, -0.1) is 0 Å². The number of amides is 1. The van der Waals surface area contributed by atoms with E-state index in [1.54, 1.807) is 0 Å². The van der Waals surface area contributed by atoms with Crippen LogP contribution in [-0.4, -0.2) is 69.3 Å². The van der Waals surface area contributed by atoms with Gasteiger partial charge < -0.3 is 46.0 Å². The molecule has 0 bridgehead atoms. The van der Waals surface area contributed by atoms with Gasteiger partial charge >= 0.3 is 11.9 Å². The molecule has 2 rings (SSSR count). The van der Waals surface area contributed by atoms with Crippen LogP contribution in [0.4, 0.5) is 5.69 Å². The highest BCUT2D eigenvalue weighted by atomic mass is 16.7. The third-order valence-electron chi connectivity index (χ3n) is 2.95. The summed E-state index contributed by atoms with van der Waals surface area (Å²) in [7, 11) is 0. The molecule has 23 heavy (non-hydrogen) atoms. The summed E-state index contributed by atoms with van der Waals surface area (Å²) in [5.74, 6) is -12.4. The van der Waals surface area contributed by atoms with Crippen LogP contribution in [0.15, 0.2) is 5.10 Å². The van der Waals surface area contributed by atoms with Gasteiger partial charge in [0, 0.05) is 0 Å². The number of carbonyl (C=O) groups excluding carboxylic acids is 1. The fraction of sp³-hybridized carbons (Fsp3) is 0.200. The molecule has 0 spiro atoms. The van der Waals surface area contributed by atoms with Crippen LogP contribution in [0.3, 0.4) is 0 Å². The Labute approximate surface area is 125 Å². The first-order valence-electron chi connectivity index (χ1n) is 5.63. The van der Waals surface area contributed by atoms with Crippen LogP contribution in [0.25, 0.3) is 0 Å². The van der Waals surface area contributed by atoms with Crippen LogP contribution in [0.1, 0.15) is 0 Å². The van der Waals surface area contributed by atoms with E-state index in [2.05, 4.69) is 5.10 Å². The van der Waals surface area contributed by atoms with E-state index in [-0.39, 0.29) is 5.01 Å². The van der Waals surface area contributed by atoms with Gasteiger partial charge in [-0.3, -0.25) is 10.5 Å². The van der Waals surface area contributed by atoms with E-state index in [4.69, 9.17) is 21.1 Å². The Balaban J connectivity index is 2.74. The third-order valence-corrected chi connectivity index (χ3v) is 2.95. The molecular weight excluding hydrogens is 322 g/mol. The number of rotatable bonds is 2. The van der Waals surface area contributed by atoms with Gasteiger partial charge in [0.2, 0.25) is 23.0 Å². The maximum Gasteiger partial charge on any atom is 0.325 e. The molecule has 0 aliphatic carbocycles. The standard InChI is InChI=1S/C10H11N3O10/c11-9(20)7(10(21,22)23)12-13(8(9)19)1-2(14)4(16)6(18)5(17)3(1)15/h14-18,20-23H,11H2. The summed E-state index contributed by atoms with van der Waals surface area (Å²) in [6.07, 6.45) is 0. The van der Waals surface area contributed by atoms with Crippen LogP contribution in [-0.2, 0) is 4.79 Å².